The Kier molecular flexibility index (Phi) is 4.62. The molecule has 0 saturated carbocycles. The Morgan fingerprint density at radius 3 is 2.95 bits per heavy atom. The Bertz CT molecular complexity index is 508. The Labute approximate surface area is 113 Å². The van der Waals surface area contributed by atoms with E-state index in [4.69, 9.17) is 14.3 Å². The average Bonchev–Trinajstić information content (AvgIpc) is 2.89. The molecule has 108 valence electrons. The van der Waals surface area contributed by atoms with E-state index in [9.17, 15) is 8.42 Å². The molecular weight excluding hydrogens is 270 g/mol. The number of ether oxygens (including phenoxy) is 1. The zero-order valence-corrected chi connectivity index (χ0v) is 11.7. The van der Waals surface area contributed by atoms with Gasteiger partial charge in [-0.05, 0) is 31.9 Å². The first-order valence-electron chi connectivity index (χ1n) is 6.39. The minimum atomic E-state index is -3.63. The third-order valence-corrected chi connectivity index (χ3v) is 4.87. The van der Waals surface area contributed by atoms with Crippen LogP contribution in [0.15, 0.2) is 21.6 Å². The minimum absolute atomic E-state index is 0.0548. The summed E-state index contributed by atoms with van der Waals surface area (Å²) in [6.45, 7) is 2.99. The molecule has 1 aromatic heterocycles. The van der Waals surface area contributed by atoms with Gasteiger partial charge in [0.15, 0.2) is 0 Å². The topological polar surface area (TPSA) is 80.0 Å². The predicted octanol–water partition coefficient (Wildman–Crippen LogP) is 0.962. The smallest absolute Gasteiger partial charge is 0.276 e. The van der Waals surface area contributed by atoms with Crippen molar-refractivity contribution >= 4 is 10.0 Å². The number of hydrogen-bond donors (Lipinski definition) is 1. The van der Waals surface area contributed by atoms with E-state index in [1.807, 2.05) is 6.92 Å². The van der Waals surface area contributed by atoms with Gasteiger partial charge in [0.1, 0.15) is 12.4 Å². The molecule has 19 heavy (non-hydrogen) atoms. The van der Waals surface area contributed by atoms with Crippen LogP contribution in [0.4, 0.5) is 0 Å². The van der Waals surface area contributed by atoms with Crippen molar-refractivity contribution < 1.29 is 22.7 Å². The molecule has 0 amide bonds. The second kappa shape index (κ2) is 6.04. The molecule has 1 aliphatic heterocycles. The van der Waals surface area contributed by atoms with Crippen LogP contribution in [-0.4, -0.2) is 43.6 Å². The largest absolute Gasteiger partial charge is 0.446 e. The minimum Gasteiger partial charge on any atom is -0.446 e. The lowest BCUT2D eigenvalue weighted by Gasteiger charge is -2.30. The standard InChI is InChI=1S/C12H19NO5S/c1-2-17-10-4-3-7-13(8-10)19(15,16)12-6-5-11(9-14)18-12/h5-6,10,14H,2-4,7-9H2,1H3. The zero-order chi connectivity index (χ0) is 13.9. The van der Waals surface area contributed by atoms with E-state index in [1.54, 1.807) is 0 Å². The van der Waals surface area contributed by atoms with Crippen molar-refractivity contribution in [1.82, 2.24) is 4.31 Å². The average molecular weight is 289 g/mol. The molecule has 0 spiro atoms. The van der Waals surface area contributed by atoms with Gasteiger partial charge in [0.25, 0.3) is 10.0 Å². The summed E-state index contributed by atoms with van der Waals surface area (Å²) in [7, 11) is -3.63. The van der Waals surface area contributed by atoms with Gasteiger partial charge in [-0.1, -0.05) is 0 Å². The van der Waals surface area contributed by atoms with Crippen molar-refractivity contribution in [3.8, 4) is 0 Å². The van der Waals surface area contributed by atoms with Gasteiger partial charge < -0.3 is 14.3 Å². The lowest BCUT2D eigenvalue weighted by molar-refractivity contribution is 0.0262. The Balaban J connectivity index is 2.14. The number of rotatable bonds is 5. The highest BCUT2D eigenvalue weighted by atomic mass is 32.2. The highest BCUT2D eigenvalue weighted by molar-refractivity contribution is 7.89. The van der Waals surface area contributed by atoms with Crippen LogP contribution in [0, 0.1) is 0 Å². The Morgan fingerprint density at radius 2 is 2.32 bits per heavy atom. The van der Waals surface area contributed by atoms with Gasteiger partial charge >= 0.3 is 0 Å². The van der Waals surface area contributed by atoms with E-state index >= 15 is 0 Å². The van der Waals surface area contributed by atoms with Gasteiger partial charge in [0, 0.05) is 19.7 Å². The van der Waals surface area contributed by atoms with Gasteiger partial charge in [-0.2, -0.15) is 4.31 Å². The Morgan fingerprint density at radius 1 is 1.53 bits per heavy atom. The highest BCUT2D eigenvalue weighted by Gasteiger charge is 2.32. The van der Waals surface area contributed by atoms with Gasteiger partial charge in [0.05, 0.1) is 6.10 Å². The van der Waals surface area contributed by atoms with E-state index in [0.29, 0.717) is 19.7 Å². The first-order valence-corrected chi connectivity index (χ1v) is 7.83. The molecule has 2 rings (SSSR count). The molecule has 1 saturated heterocycles. The molecular formula is C12H19NO5S. The first-order chi connectivity index (χ1) is 9.07. The lowest BCUT2D eigenvalue weighted by atomic mass is 10.1. The number of nitrogens with zero attached hydrogens (tertiary/aromatic N) is 1. The summed E-state index contributed by atoms with van der Waals surface area (Å²) in [4.78, 5) is 0. The maximum Gasteiger partial charge on any atom is 0.276 e. The van der Waals surface area contributed by atoms with Crippen molar-refractivity contribution in [2.45, 2.75) is 37.6 Å². The number of piperidine rings is 1. The monoisotopic (exact) mass is 289 g/mol. The summed E-state index contributed by atoms with van der Waals surface area (Å²) >= 11 is 0. The fourth-order valence-corrected chi connectivity index (χ4v) is 3.64. The van der Waals surface area contributed by atoms with Crippen molar-refractivity contribution in [2.24, 2.45) is 0 Å². The van der Waals surface area contributed by atoms with E-state index in [0.717, 1.165) is 12.8 Å². The third kappa shape index (κ3) is 3.17. The molecule has 0 aromatic carbocycles. The fourth-order valence-electron chi connectivity index (χ4n) is 2.20. The zero-order valence-electron chi connectivity index (χ0n) is 10.9. The SMILES string of the molecule is CCOC1CCCN(S(=O)(=O)c2ccc(CO)o2)C1. The number of aliphatic hydroxyl groups excluding tert-OH is 1. The lowest BCUT2D eigenvalue weighted by Crippen LogP contribution is -2.43. The van der Waals surface area contributed by atoms with Crippen molar-refractivity contribution in [1.29, 1.82) is 0 Å². The summed E-state index contributed by atoms with van der Waals surface area (Å²) < 4.78 is 36.7. The molecule has 1 atom stereocenters. The fraction of sp³-hybridized carbons (Fsp3) is 0.667. The molecule has 0 aliphatic carbocycles. The normalized spacial score (nSPS) is 21.7. The van der Waals surface area contributed by atoms with Crippen LogP contribution in [-0.2, 0) is 21.4 Å². The van der Waals surface area contributed by atoms with Crippen LogP contribution in [0.1, 0.15) is 25.5 Å². The summed E-state index contributed by atoms with van der Waals surface area (Å²) in [6, 6.07) is 2.85. The molecule has 0 radical (unpaired) electrons. The quantitative estimate of drug-likeness (QED) is 0.873. The van der Waals surface area contributed by atoms with Crippen molar-refractivity contribution in [3.05, 3.63) is 17.9 Å². The second-order valence-electron chi connectivity index (χ2n) is 4.46. The number of aliphatic hydroxyl groups is 1. The van der Waals surface area contributed by atoms with E-state index in [-0.39, 0.29) is 23.6 Å². The van der Waals surface area contributed by atoms with Gasteiger partial charge in [-0.3, -0.25) is 0 Å². The van der Waals surface area contributed by atoms with Gasteiger partial charge in [-0.15, -0.1) is 0 Å². The number of furan rings is 1. The van der Waals surface area contributed by atoms with Crippen LogP contribution in [0.5, 0.6) is 0 Å². The summed E-state index contributed by atoms with van der Waals surface area (Å²) in [5.74, 6) is 0.247. The summed E-state index contributed by atoms with van der Waals surface area (Å²) in [5.41, 5.74) is 0. The number of sulfonamides is 1. The molecule has 1 fully saturated rings. The van der Waals surface area contributed by atoms with E-state index < -0.39 is 10.0 Å². The highest BCUT2D eigenvalue weighted by Crippen LogP contribution is 2.23. The molecule has 1 aromatic rings. The number of hydrogen-bond acceptors (Lipinski definition) is 5. The van der Waals surface area contributed by atoms with Crippen LogP contribution in [0.2, 0.25) is 0 Å². The third-order valence-electron chi connectivity index (χ3n) is 3.13. The molecule has 2 heterocycles. The molecule has 1 unspecified atom stereocenters. The van der Waals surface area contributed by atoms with Gasteiger partial charge in [-0.25, -0.2) is 8.42 Å². The van der Waals surface area contributed by atoms with Crippen molar-refractivity contribution in [3.63, 3.8) is 0 Å². The van der Waals surface area contributed by atoms with Crippen molar-refractivity contribution in [2.75, 3.05) is 19.7 Å². The van der Waals surface area contributed by atoms with Crippen LogP contribution < -0.4 is 0 Å². The van der Waals surface area contributed by atoms with E-state index in [1.165, 1.54) is 16.4 Å². The second-order valence-corrected chi connectivity index (χ2v) is 6.33. The summed E-state index contributed by atoms with van der Waals surface area (Å²) in [6.07, 6.45) is 1.60. The first kappa shape index (κ1) is 14.5. The van der Waals surface area contributed by atoms with Crippen LogP contribution in [0.25, 0.3) is 0 Å². The maximum absolute atomic E-state index is 12.4. The molecule has 1 N–H and O–H groups in total. The maximum atomic E-state index is 12.4. The molecule has 6 nitrogen and oxygen atoms in total. The Hall–Kier alpha value is -0.890. The van der Waals surface area contributed by atoms with Crippen LogP contribution >= 0.6 is 0 Å². The molecule has 7 heteroatoms. The predicted molar refractivity (Wildman–Crippen MR) is 68.0 cm³/mol. The summed E-state index contributed by atoms with van der Waals surface area (Å²) in [5, 5.41) is 8.80. The van der Waals surface area contributed by atoms with E-state index in [2.05, 4.69) is 0 Å². The molecule has 0 bridgehead atoms. The van der Waals surface area contributed by atoms with Gasteiger partial charge in [0.2, 0.25) is 5.09 Å². The van der Waals surface area contributed by atoms with Crippen LogP contribution in [0.3, 0.4) is 0 Å². The molecule has 1 aliphatic rings.